The molecular weight excluding hydrogens is 387 g/mol. The lowest BCUT2D eigenvalue weighted by molar-refractivity contribution is -0.384. The van der Waals surface area contributed by atoms with Crippen LogP contribution in [0.5, 0.6) is 0 Å². The van der Waals surface area contributed by atoms with Gasteiger partial charge < -0.3 is 10.2 Å². The van der Waals surface area contributed by atoms with Gasteiger partial charge in [-0.2, -0.15) is 0 Å². The maximum atomic E-state index is 13.0. The summed E-state index contributed by atoms with van der Waals surface area (Å²) in [6.45, 7) is 1.16. The van der Waals surface area contributed by atoms with Gasteiger partial charge in [-0.05, 0) is 56.3 Å². The summed E-state index contributed by atoms with van der Waals surface area (Å²) in [6.07, 6.45) is 1.48. The van der Waals surface area contributed by atoms with Crippen LogP contribution in [0.4, 0.5) is 21.5 Å². The number of benzene rings is 2. The topological polar surface area (TPSA) is 105 Å². The second kappa shape index (κ2) is 8.11. The van der Waals surface area contributed by atoms with Gasteiger partial charge in [0.1, 0.15) is 11.5 Å². The van der Waals surface area contributed by atoms with E-state index >= 15 is 0 Å². The fraction of sp³-hybridized carbons (Fsp3) is 0.333. The minimum atomic E-state index is -3.76. The third kappa shape index (κ3) is 4.39. The molecule has 1 saturated heterocycles. The first kappa shape index (κ1) is 20.0. The van der Waals surface area contributed by atoms with Gasteiger partial charge >= 0.3 is 0 Å². The van der Waals surface area contributed by atoms with Crippen molar-refractivity contribution < 1.29 is 17.7 Å². The third-order valence-electron chi connectivity index (χ3n) is 4.77. The molecule has 1 heterocycles. The number of nitro benzene ring substituents is 1. The van der Waals surface area contributed by atoms with Gasteiger partial charge in [0.05, 0.1) is 9.82 Å². The van der Waals surface area contributed by atoms with Crippen molar-refractivity contribution in [3.8, 4) is 0 Å². The first-order valence-electron chi connectivity index (χ1n) is 8.79. The first-order chi connectivity index (χ1) is 13.3. The van der Waals surface area contributed by atoms with Crippen molar-refractivity contribution in [2.45, 2.75) is 23.8 Å². The lowest BCUT2D eigenvalue weighted by atomic mass is 10.0. The van der Waals surface area contributed by atoms with Crippen molar-refractivity contribution in [2.24, 2.45) is 0 Å². The Morgan fingerprint density at radius 3 is 2.36 bits per heavy atom. The molecule has 2 aromatic rings. The Kier molecular flexibility index (Phi) is 5.80. The number of hydrogen-bond donors (Lipinski definition) is 2. The zero-order chi connectivity index (χ0) is 20.3. The first-order valence-corrected chi connectivity index (χ1v) is 10.3. The van der Waals surface area contributed by atoms with Gasteiger partial charge in [-0.15, -0.1) is 0 Å². The van der Waals surface area contributed by atoms with Crippen molar-refractivity contribution in [1.29, 1.82) is 0 Å². The van der Waals surface area contributed by atoms with Crippen LogP contribution in [0.15, 0.2) is 47.4 Å². The normalized spacial score (nSPS) is 15.4. The maximum Gasteiger partial charge on any atom is 0.293 e. The highest BCUT2D eigenvalue weighted by atomic mass is 32.2. The van der Waals surface area contributed by atoms with Gasteiger partial charge in [0.2, 0.25) is 10.0 Å². The summed E-state index contributed by atoms with van der Waals surface area (Å²) in [4.78, 5) is 12.7. The highest BCUT2D eigenvalue weighted by molar-refractivity contribution is 7.89. The lowest BCUT2D eigenvalue weighted by Crippen LogP contribution is -2.39. The molecule has 0 radical (unpaired) electrons. The van der Waals surface area contributed by atoms with Crippen LogP contribution in [0.2, 0.25) is 0 Å². The van der Waals surface area contributed by atoms with Crippen molar-refractivity contribution in [3.05, 3.63) is 58.4 Å². The Balaban J connectivity index is 1.73. The number of anilines is 2. The largest absolute Gasteiger partial charge is 0.382 e. The van der Waals surface area contributed by atoms with Crippen molar-refractivity contribution >= 4 is 27.1 Å². The molecule has 0 spiro atoms. The van der Waals surface area contributed by atoms with E-state index in [1.807, 2.05) is 4.90 Å². The number of nitrogens with one attached hydrogen (secondary N) is 2. The number of nitrogens with zero attached hydrogens (tertiary/aromatic N) is 2. The predicted molar refractivity (Wildman–Crippen MR) is 105 cm³/mol. The molecule has 150 valence electrons. The monoisotopic (exact) mass is 408 g/mol. The highest BCUT2D eigenvalue weighted by Gasteiger charge is 2.27. The number of halogens is 1. The molecule has 2 N–H and O–H groups in total. The van der Waals surface area contributed by atoms with Crippen LogP contribution in [-0.2, 0) is 10.0 Å². The van der Waals surface area contributed by atoms with Gasteiger partial charge in [0.25, 0.3) is 5.69 Å². The Morgan fingerprint density at radius 2 is 1.79 bits per heavy atom. The minimum absolute atomic E-state index is 0.140. The zero-order valence-corrected chi connectivity index (χ0v) is 16.1. The molecular formula is C18H21FN4O4S. The van der Waals surface area contributed by atoms with E-state index in [2.05, 4.69) is 10.0 Å². The summed E-state index contributed by atoms with van der Waals surface area (Å²) in [7, 11) is -2.50. The van der Waals surface area contributed by atoms with E-state index < -0.39 is 14.9 Å². The molecule has 28 heavy (non-hydrogen) atoms. The van der Waals surface area contributed by atoms with E-state index in [0.717, 1.165) is 24.6 Å². The molecule has 3 rings (SSSR count). The molecule has 8 nitrogen and oxygen atoms in total. The molecule has 0 bridgehead atoms. The van der Waals surface area contributed by atoms with Gasteiger partial charge in [-0.1, -0.05) is 0 Å². The highest BCUT2D eigenvalue weighted by Crippen LogP contribution is 2.33. The summed E-state index contributed by atoms with van der Waals surface area (Å²) in [5, 5.41) is 14.8. The number of nitro groups is 1. The summed E-state index contributed by atoms with van der Waals surface area (Å²) < 4.78 is 39.0. The third-order valence-corrected chi connectivity index (χ3v) is 6.19. The second-order valence-corrected chi connectivity index (χ2v) is 8.41. The predicted octanol–water partition coefficient (Wildman–Crippen LogP) is 2.72. The van der Waals surface area contributed by atoms with Gasteiger partial charge in [-0.25, -0.2) is 17.5 Å². The Morgan fingerprint density at radius 1 is 1.14 bits per heavy atom. The van der Waals surface area contributed by atoms with Crippen LogP contribution in [0.25, 0.3) is 0 Å². The second-order valence-electron chi connectivity index (χ2n) is 6.53. The number of hydrogen-bond acceptors (Lipinski definition) is 6. The number of sulfonamides is 1. The molecule has 0 atom stereocenters. The molecule has 0 amide bonds. The van der Waals surface area contributed by atoms with Gasteiger partial charge in [0, 0.05) is 30.9 Å². The Bertz CT molecular complexity index is 958. The van der Waals surface area contributed by atoms with Crippen LogP contribution < -0.4 is 14.9 Å². The molecule has 0 saturated carbocycles. The summed E-state index contributed by atoms with van der Waals surface area (Å²) in [6, 6.07) is 10.2. The van der Waals surface area contributed by atoms with Crippen molar-refractivity contribution in [2.75, 3.05) is 30.4 Å². The fourth-order valence-electron chi connectivity index (χ4n) is 3.25. The quantitative estimate of drug-likeness (QED) is 0.563. The van der Waals surface area contributed by atoms with Crippen LogP contribution in [0.1, 0.15) is 12.8 Å². The molecule has 10 heteroatoms. The van der Waals surface area contributed by atoms with E-state index in [4.69, 9.17) is 0 Å². The van der Waals surface area contributed by atoms with Gasteiger partial charge in [-0.3, -0.25) is 10.1 Å². The lowest BCUT2D eigenvalue weighted by Gasteiger charge is -2.34. The van der Waals surface area contributed by atoms with Gasteiger partial charge in [0.15, 0.2) is 0 Å². The van der Waals surface area contributed by atoms with Crippen LogP contribution in [0.3, 0.4) is 0 Å². The van der Waals surface area contributed by atoms with Crippen LogP contribution in [0, 0.1) is 15.9 Å². The van der Waals surface area contributed by atoms with Crippen LogP contribution in [-0.4, -0.2) is 39.5 Å². The number of rotatable bonds is 6. The molecule has 0 aliphatic carbocycles. The molecule has 1 aliphatic heterocycles. The van der Waals surface area contributed by atoms with Crippen LogP contribution >= 0.6 is 0 Å². The average Bonchev–Trinajstić information content (AvgIpc) is 2.70. The summed E-state index contributed by atoms with van der Waals surface area (Å²) in [5.74, 6) is -0.295. The fourth-order valence-corrected chi connectivity index (χ4v) is 4.00. The van der Waals surface area contributed by atoms with Crippen molar-refractivity contribution in [3.63, 3.8) is 0 Å². The van der Waals surface area contributed by atoms with E-state index in [1.165, 1.54) is 31.3 Å². The molecule has 0 aromatic heterocycles. The molecule has 0 unspecified atom stereocenters. The average molecular weight is 408 g/mol. The van der Waals surface area contributed by atoms with E-state index in [-0.39, 0.29) is 22.4 Å². The molecule has 1 aliphatic rings. The van der Waals surface area contributed by atoms with E-state index in [1.54, 1.807) is 12.1 Å². The maximum absolute atomic E-state index is 13.0. The molecule has 2 aromatic carbocycles. The standard InChI is InChI=1S/C18H21FN4O4S/c1-20-28(26,27)16-6-7-17(18(12-16)23(24)25)22-10-8-15(9-11-22)21-14-4-2-13(19)3-5-14/h2-7,12,15,20-21H,8-11H2,1H3. The number of piperidine rings is 1. The Hall–Kier alpha value is -2.72. The van der Waals surface area contributed by atoms with E-state index in [9.17, 15) is 22.9 Å². The zero-order valence-electron chi connectivity index (χ0n) is 15.3. The summed E-state index contributed by atoms with van der Waals surface area (Å²) >= 11 is 0. The van der Waals surface area contributed by atoms with E-state index in [0.29, 0.717) is 18.8 Å². The molecule has 1 fully saturated rings. The minimum Gasteiger partial charge on any atom is -0.382 e. The van der Waals surface area contributed by atoms with Crippen molar-refractivity contribution in [1.82, 2.24) is 4.72 Å². The Labute approximate surface area is 162 Å². The SMILES string of the molecule is CNS(=O)(=O)c1ccc(N2CCC(Nc3ccc(F)cc3)CC2)c([N+](=O)[O-])c1. The summed E-state index contributed by atoms with van der Waals surface area (Å²) in [5.41, 5.74) is 0.994. The smallest absolute Gasteiger partial charge is 0.293 e.